The Kier molecular flexibility index (Phi) is 2.25. The van der Waals surface area contributed by atoms with Crippen LogP contribution in [0.4, 0.5) is 0 Å². The summed E-state index contributed by atoms with van der Waals surface area (Å²) in [6.07, 6.45) is -1.00. The molecule has 1 N–H and O–H groups in total. The summed E-state index contributed by atoms with van der Waals surface area (Å²) in [6.45, 7) is 2.26. The van der Waals surface area contributed by atoms with Gasteiger partial charge in [0.1, 0.15) is 6.61 Å². The summed E-state index contributed by atoms with van der Waals surface area (Å²) >= 11 is 0. The SMILES string of the molecule is Cc1cccc(C2COC(=O)C2O)c1. The summed E-state index contributed by atoms with van der Waals surface area (Å²) in [5.41, 5.74) is 2.08. The van der Waals surface area contributed by atoms with Gasteiger partial charge in [0.15, 0.2) is 6.10 Å². The molecule has 1 aliphatic heterocycles. The zero-order chi connectivity index (χ0) is 10.1. The van der Waals surface area contributed by atoms with E-state index in [0.717, 1.165) is 11.1 Å². The molecular formula is C11H12O3. The number of aliphatic hydroxyl groups is 1. The Morgan fingerprint density at radius 3 is 2.86 bits per heavy atom. The number of esters is 1. The molecule has 1 fully saturated rings. The first-order valence-corrected chi connectivity index (χ1v) is 4.60. The minimum Gasteiger partial charge on any atom is -0.463 e. The van der Waals surface area contributed by atoms with Crippen LogP contribution in [0.1, 0.15) is 17.0 Å². The second kappa shape index (κ2) is 3.42. The number of aliphatic hydroxyl groups excluding tert-OH is 1. The van der Waals surface area contributed by atoms with Gasteiger partial charge in [-0.25, -0.2) is 4.79 Å². The van der Waals surface area contributed by atoms with Gasteiger partial charge in [0, 0.05) is 0 Å². The third-order valence-corrected chi connectivity index (χ3v) is 2.50. The number of cyclic esters (lactones) is 1. The fourth-order valence-electron chi connectivity index (χ4n) is 1.69. The van der Waals surface area contributed by atoms with E-state index in [1.807, 2.05) is 31.2 Å². The molecule has 0 saturated carbocycles. The molecule has 0 aromatic heterocycles. The number of aryl methyl sites for hydroxylation is 1. The van der Waals surface area contributed by atoms with E-state index in [9.17, 15) is 9.90 Å². The Morgan fingerprint density at radius 2 is 2.29 bits per heavy atom. The molecule has 0 radical (unpaired) electrons. The molecular weight excluding hydrogens is 180 g/mol. The van der Waals surface area contributed by atoms with E-state index in [4.69, 9.17) is 4.74 Å². The predicted molar refractivity (Wildman–Crippen MR) is 50.9 cm³/mol. The van der Waals surface area contributed by atoms with Crippen LogP contribution in [0.25, 0.3) is 0 Å². The average molecular weight is 192 g/mol. The van der Waals surface area contributed by atoms with Gasteiger partial charge in [-0.2, -0.15) is 0 Å². The molecule has 0 amide bonds. The van der Waals surface area contributed by atoms with Crippen molar-refractivity contribution in [2.75, 3.05) is 6.61 Å². The minimum absolute atomic E-state index is 0.206. The van der Waals surface area contributed by atoms with Crippen molar-refractivity contribution in [2.45, 2.75) is 18.9 Å². The lowest BCUT2D eigenvalue weighted by Gasteiger charge is -2.10. The summed E-state index contributed by atoms with van der Waals surface area (Å²) in [6, 6.07) is 7.77. The highest BCUT2D eigenvalue weighted by Crippen LogP contribution is 2.26. The summed E-state index contributed by atoms with van der Waals surface area (Å²) in [7, 11) is 0. The number of carbonyl (C=O) groups excluding carboxylic acids is 1. The summed E-state index contributed by atoms with van der Waals surface area (Å²) in [5.74, 6) is -0.723. The van der Waals surface area contributed by atoms with E-state index in [1.165, 1.54) is 0 Å². The molecule has 74 valence electrons. The van der Waals surface area contributed by atoms with E-state index in [0.29, 0.717) is 0 Å². The zero-order valence-electron chi connectivity index (χ0n) is 7.93. The van der Waals surface area contributed by atoms with Gasteiger partial charge in [0.05, 0.1) is 5.92 Å². The molecule has 3 heteroatoms. The van der Waals surface area contributed by atoms with Crippen molar-refractivity contribution in [1.82, 2.24) is 0 Å². The highest BCUT2D eigenvalue weighted by Gasteiger charge is 2.36. The smallest absolute Gasteiger partial charge is 0.335 e. The van der Waals surface area contributed by atoms with E-state index >= 15 is 0 Å². The number of hydrogen-bond donors (Lipinski definition) is 1. The van der Waals surface area contributed by atoms with Crippen LogP contribution in [0.3, 0.4) is 0 Å². The van der Waals surface area contributed by atoms with Crippen LogP contribution in [0.15, 0.2) is 24.3 Å². The second-order valence-electron chi connectivity index (χ2n) is 3.60. The van der Waals surface area contributed by atoms with Crippen molar-refractivity contribution in [3.63, 3.8) is 0 Å². The van der Waals surface area contributed by atoms with E-state index < -0.39 is 12.1 Å². The molecule has 2 rings (SSSR count). The maximum atomic E-state index is 11.0. The molecule has 3 nitrogen and oxygen atoms in total. The van der Waals surface area contributed by atoms with Crippen LogP contribution < -0.4 is 0 Å². The Hall–Kier alpha value is -1.35. The standard InChI is InChI=1S/C11H12O3/c1-7-3-2-4-8(5-7)9-6-14-11(13)10(9)12/h2-5,9-10,12H,6H2,1H3. The van der Waals surface area contributed by atoms with Crippen molar-refractivity contribution in [1.29, 1.82) is 0 Å². The van der Waals surface area contributed by atoms with Gasteiger partial charge in [-0.1, -0.05) is 29.8 Å². The number of benzene rings is 1. The van der Waals surface area contributed by atoms with Crippen LogP contribution in [0, 0.1) is 6.92 Å². The lowest BCUT2D eigenvalue weighted by atomic mass is 9.95. The van der Waals surface area contributed by atoms with Crippen molar-refractivity contribution in [3.05, 3.63) is 35.4 Å². The number of carbonyl (C=O) groups is 1. The number of rotatable bonds is 1. The lowest BCUT2D eigenvalue weighted by Crippen LogP contribution is -2.20. The maximum absolute atomic E-state index is 11.0. The molecule has 14 heavy (non-hydrogen) atoms. The largest absolute Gasteiger partial charge is 0.463 e. The zero-order valence-corrected chi connectivity index (χ0v) is 7.93. The van der Waals surface area contributed by atoms with Gasteiger partial charge in [0.2, 0.25) is 0 Å². The van der Waals surface area contributed by atoms with Gasteiger partial charge in [0.25, 0.3) is 0 Å². The average Bonchev–Trinajstić information content (AvgIpc) is 2.48. The van der Waals surface area contributed by atoms with E-state index in [1.54, 1.807) is 0 Å². The monoisotopic (exact) mass is 192 g/mol. The van der Waals surface area contributed by atoms with Crippen molar-refractivity contribution in [3.8, 4) is 0 Å². The third-order valence-electron chi connectivity index (χ3n) is 2.50. The molecule has 2 unspecified atom stereocenters. The van der Waals surface area contributed by atoms with E-state index in [-0.39, 0.29) is 12.5 Å². The van der Waals surface area contributed by atoms with Crippen LogP contribution in [-0.2, 0) is 9.53 Å². The Bertz CT molecular complexity index is 359. The number of hydrogen-bond acceptors (Lipinski definition) is 3. The molecule has 2 atom stereocenters. The van der Waals surface area contributed by atoms with Gasteiger partial charge in [-0.05, 0) is 12.5 Å². The van der Waals surface area contributed by atoms with Crippen LogP contribution in [0.5, 0.6) is 0 Å². The highest BCUT2D eigenvalue weighted by atomic mass is 16.6. The number of ether oxygens (including phenoxy) is 1. The topological polar surface area (TPSA) is 46.5 Å². The van der Waals surface area contributed by atoms with Crippen LogP contribution in [-0.4, -0.2) is 23.8 Å². The Morgan fingerprint density at radius 1 is 1.50 bits per heavy atom. The molecule has 0 spiro atoms. The van der Waals surface area contributed by atoms with Crippen molar-refractivity contribution < 1.29 is 14.6 Å². The van der Waals surface area contributed by atoms with Crippen LogP contribution in [0.2, 0.25) is 0 Å². The molecule has 1 aromatic carbocycles. The highest BCUT2D eigenvalue weighted by molar-refractivity contribution is 5.78. The quantitative estimate of drug-likeness (QED) is 0.675. The third kappa shape index (κ3) is 1.51. The fourth-order valence-corrected chi connectivity index (χ4v) is 1.69. The van der Waals surface area contributed by atoms with Gasteiger partial charge in [-0.3, -0.25) is 0 Å². The van der Waals surface area contributed by atoms with E-state index in [2.05, 4.69) is 0 Å². The maximum Gasteiger partial charge on any atom is 0.335 e. The van der Waals surface area contributed by atoms with Crippen LogP contribution >= 0.6 is 0 Å². The molecule has 0 aliphatic carbocycles. The Balaban J connectivity index is 2.28. The van der Waals surface area contributed by atoms with Gasteiger partial charge in [-0.15, -0.1) is 0 Å². The first kappa shape index (κ1) is 9.21. The normalized spacial score (nSPS) is 26.3. The minimum atomic E-state index is -1.00. The van der Waals surface area contributed by atoms with Crippen molar-refractivity contribution in [2.24, 2.45) is 0 Å². The predicted octanol–water partition coefficient (Wildman–Crippen LogP) is 0.996. The molecule has 1 saturated heterocycles. The first-order valence-electron chi connectivity index (χ1n) is 4.60. The van der Waals surface area contributed by atoms with Crippen molar-refractivity contribution >= 4 is 5.97 Å². The Labute approximate surface area is 82.3 Å². The molecule has 1 aromatic rings. The molecule has 1 heterocycles. The fraction of sp³-hybridized carbons (Fsp3) is 0.364. The molecule has 1 aliphatic rings. The second-order valence-corrected chi connectivity index (χ2v) is 3.60. The summed E-state index contributed by atoms with van der Waals surface area (Å²) in [5, 5.41) is 9.53. The van der Waals surface area contributed by atoms with Gasteiger partial charge >= 0.3 is 5.97 Å². The first-order chi connectivity index (χ1) is 6.68. The summed E-state index contributed by atoms with van der Waals surface area (Å²) in [4.78, 5) is 11.0. The summed E-state index contributed by atoms with van der Waals surface area (Å²) < 4.78 is 4.78. The molecule has 0 bridgehead atoms. The van der Waals surface area contributed by atoms with Gasteiger partial charge < -0.3 is 9.84 Å². The lowest BCUT2D eigenvalue weighted by molar-refractivity contribution is -0.144.